The van der Waals surface area contributed by atoms with Gasteiger partial charge in [-0.1, -0.05) is 41.4 Å². The van der Waals surface area contributed by atoms with Crippen molar-refractivity contribution < 1.29 is 4.79 Å². The zero-order valence-electron chi connectivity index (χ0n) is 14.5. The Morgan fingerprint density at radius 3 is 2.50 bits per heavy atom. The average molecular weight is 366 g/mol. The smallest absolute Gasteiger partial charge is 0.274 e. The van der Waals surface area contributed by atoms with Crippen molar-refractivity contribution in [3.05, 3.63) is 88.7 Å². The Balaban J connectivity index is 1.52. The van der Waals surface area contributed by atoms with Crippen LogP contribution in [0.4, 0.5) is 11.4 Å². The Morgan fingerprint density at radius 2 is 1.81 bits per heavy atom. The summed E-state index contributed by atoms with van der Waals surface area (Å²) >= 11 is 5.99. The van der Waals surface area contributed by atoms with Crippen LogP contribution < -0.4 is 10.6 Å². The maximum atomic E-state index is 12.2. The van der Waals surface area contributed by atoms with Gasteiger partial charge in [-0.3, -0.25) is 4.79 Å². The fourth-order valence-electron chi connectivity index (χ4n) is 2.51. The second kappa shape index (κ2) is 8.50. The van der Waals surface area contributed by atoms with Gasteiger partial charge >= 0.3 is 0 Å². The number of carbonyl (C=O) groups is 1. The van der Waals surface area contributed by atoms with Crippen LogP contribution in [0, 0.1) is 6.92 Å². The number of amides is 1. The number of aromatic nitrogens is 1. The van der Waals surface area contributed by atoms with Crippen LogP contribution in [-0.2, 0) is 6.42 Å². The highest BCUT2D eigenvalue weighted by atomic mass is 35.5. The third kappa shape index (κ3) is 5.07. The molecule has 26 heavy (non-hydrogen) atoms. The number of hydrogen-bond donors (Lipinski definition) is 2. The molecule has 0 aliphatic carbocycles. The summed E-state index contributed by atoms with van der Waals surface area (Å²) in [5, 5.41) is 6.88. The fraction of sp³-hybridized carbons (Fsp3) is 0.143. The predicted octanol–water partition coefficient (Wildman–Crippen LogP) is 4.95. The molecule has 0 saturated heterocycles. The first kappa shape index (κ1) is 18.0. The molecule has 0 atom stereocenters. The molecular formula is C21H20ClN3O. The Bertz CT molecular complexity index is 877. The summed E-state index contributed by atoms with van der Waals surface area (Å²) < 4.78 is 0. The number of benzene rings is 2. The number of rotatable bonds is 6. The summed E-state index contributed by atoms with van der Waals surface area (Å²) in [6.45, 7) is 2.77. The molecule has 0 spiro atoms. The van der Waals surface area contributed by atoms with Crippen LogP contribution in [0.5, 0.6) is 0 Å². The van der Waals surface area contributed by atoms with E-state index in [9.17, 15) is 4.79 Å². The quantitative estimate of drug-likeness (QED) is 0.649. The SMILES string of the molecule is Cc1ccc(NC(=O)c2ccc(NCCc3cccc(Cl)c3)cn2)cc1. The number of hydrogen-bond acceptors (Lipinski definition) is 3. The van der Waals surface area contributed by atoms with E-state index in [1.807, 2.05) is 61.5 Å². The minimum atomic E-state index is -0.223. The van der Waals surface area contributed by atoms with Gasteiger partial charge in [-0.15, -0.1) is 0 Å². The average Bonchev–Trinajstić information content (AvgIpc) is 2.64. The van der Waals surface area contributed by atoms with Crippen LogP contribution in [0.25, 0.3) is 0 Å². The van der Waals surface area contributed by atoms with E-state index in [-0.39, 0.29) is 5.91 Å². The second-order valence-corrected chi connectivity index (χ2v) is 6.50. The molecule has 3 rings (SSSR count). The monoisotopic (exact) mass is 365 g/mol. The molecule has 3 aromatic rings. The first-order valence-electron chi connectivity index (χ1n) is 8.42. The normalized spacial score (nSPS) is 10.4. The largest absolute Gasteiger partial charge is 0.383 e. The maximum Gasteiger partial charge on any atom is 0.274 e. The van der Waals surface area contributed by atoms with Gasteiger partial charge in [0.05, 0.1) is 11.9 Å². The molecule has 1 aromatic heterocycles. The number of halogens is 1. The summed E-state index contributed by atoms with van der Waals surface area (Å²) in [4.78, 5) is 16.5. The van der Waals surface area contributed by atoms with E-state index < -0.39 is 0 Å². The molecule has 5 heteroatoms. The summed E-state index contributed by atoms with van der Waals surface area (Å²) in [6.07, 6.45) is 2.53. The van der Waals surface area contributed by atoms with Gasteiger partial charge in [-0.2, -0.15) is 0 Å². The molecule has 0 radical (unpaired) electrons. The van der Waals surface area contributed by atoms with Crippen molar-refractivity contribution >= 4 is 28.9 Å². The molecule has 1 heterocycles. The van der Waals surface area contributed by atoms with Gasteiger partial charge in [0, 0.05) is 17.3 Å². The standard InChI is InChI=1S/C21H20ClN3O/c1-15-5-7-18(8-6-15)25-21(26)20-10-9-19(14-24-20)23-12-11-16-3-2-4-17(22)13-16/h2-10,13-14,23H,11-12H2,1H3,(H,25,26). The van der Waals surface area contributed by atoms with Gasteiger partial charge in [0.15, 0.2) is 0 Å². The van der Waals surface area contributed by atoms with Gasteiger partial charge in [0.25, 0.3) is 5.91 Å². The van der Waals surface area contributed by atoms with Crippen molar-refractivity contribution in [2.75, 3.05) is 17.2 Å². The van der Waals surface area contributed by atoms with Gasteiger partial charge in [0.2, 0.25) is 0 Å². The summed E-state index contributed by atoms with van der Waals surface area (Å²) in [6, 6.07) is 19.0. The number of carbonyl (C=O) groups excluding carboxylic acids is 1. The van der Waals surface area contributed by atoms with Crippen molar-refractivity contribution in [2.24, 2.45) is 0 Å². The lowest BCUT2D eigenvalue weighted by molar-refractivity contribution is 0.102. The molecular weight excluding hydrogens is 346 g/mol. The van der Waals surface area contributed by atoms with E-state index in [1.165, 1.54) is 5.56 Å². The van der Waals surface area contributed by atoms with Crippen LogP contribution in [0.2, 0.25) is 5.02 Å². The Morgan fingerprint density at radius 1 is 1.04 bits per heavy atom. The van der Waals surface area contributed by atoms with Crippen molar-refractivity contribution in [3.8, 4) is 0 Å². The van der Waals surface area contributed by atoms with Crippen LogP contribution in [-0.4, -0.2) is 17.4 Å². The molecule has 0 bridgehead atoms. The highest BCUT2D eigenvalue weighted by Crippen LogP contribution is 2.13. The van der Waals surface area contributed by atoms with E-state index in [4.69, 9.17) is 11.6 Å². The number of nitrogens with one attached hydrogen (secondary N) is 2. The molecule has 132 valence electrons. The lowest BCUT2D eigenvalue weighted by atomic mass is 10.1. The van der Waals surface area contributed by atoms with Gasteiger partial charge in [-0.25, -0.2) is 4.98 Å². The minimum Gasteiger partial charge on any atom is -0.383 e. The first-order valence-corrected chi connectivity index (χ1v) is 8.80. The van der Waals surface area contributed by atoms with Crippen LogP contribution >= 0.6 is 11.6 Å². The topological polar surface area (TPSA) is 54.0 Å². The third-order valence-electron chi connectivity index (χ3n) is 3.94. The minimum absolute atomic E-state index is 0.223. The van der Waals surface area contributed by atoms with Gasteiger partial charge < -0.3 is 10.6 Å². The Labute approximate surface area is 158 Å². The van der Waals surface area contributed by atoms with E-state index in [2.05, 4.69) is 15.6 Å². The van der Waals surface area contributed by atoms with Crippen molar-refractivity contribution in [1.29, 1.82) is 0 Å². The Kier molecular flexibility index (Phi) is 5.87. The lowest BCUT2D eigenvalue weighted by Crippen LogP contribution is -2.14. The number of nitrogens with zero attached hydrogens (tertiary/aromatic N) is 1. The van der Waals surface area contributed by atoms with Gasteiger partial charge in [0.1, 0.15) is 5.69 Å². The van der Waals surface area contributed by atoms with E-state index in [1.54, 1.807) is 12.3 Å². The summed E-state index contributed by atoms with van der Waals surface area (Å²) in [5.41, 5.74) is 4.33. The molecule has 0 unspecified atom stereocenters. The van der Waals surface area contributed by atoms with Crippen molar-refractivity contribution in [2.45, 2.75) is 13.3 Å². The fourth-order valence-corrected chi connectivity index (χ4v) is 2.72. The van der Waals surface area contributed by atoms with E-state index >= 15 is 0 Å². The number of aryl methyl sites for hydroxylation is 1. The van der Waals surface area contributed by atoms with Gasteiger partial charge in [-0.05, 0) is 55.3 Å². The lowest BCUT2D eigenvalue weighted by Gasteiger charge is -2.08. The first-order chi connectivity index (χ1) is 12.6. The molecule has 1 amide bonds. The molecule has 2 N–H and O–H groups in total. The highest BCUT2D eigenvalue weighted by Gasteiger charge is 2.07. The number of pyridine rings is 1. The number of anilines is 2. The molecule has 0 fully saturated rings. The predicted molar refractivity (Wildman–Crippen MR) is 107 cm³/mol. The van der Waals surface area contributed by atoms with E-state index in [0.29, 0.717) is 5.69 Å². The summed E-state index contributed by atoms with van der Waals surface area (Å²) in [5.74, 6) is -0.223. The Hall–Kier alpha value is -2.85. The van der Waals surface area contributed by atoms with E-state index in [0.717, 1.165) is 34.9 Å². The molecule has 0 saturated carbocycles. The molecule has 2 aromatic carbocycles. The maximum absolute atomic E-state index is 12.2. The van der Waals surface area contributed by atoms with Crippen LogP contribution in [0.15, 0.2) is 66.9 Å². The third-order valence-corrected chi connectivity index (χ3v) is 4.17. The highest BCUT2D eigenvalue weighted by molar-refractivity contribution is 6.30. The zero-order valence-corrected chi connectivity index (χ0v) is 15.3. The molecule has 0 aliphatic heterocycles. The summed E-state index contributed by atoms with van der Waals surface area (Å²) in [7, 11) is 0. The van der Waals surface area contributed by atoms with Crippen LogP contribution in [0.1, 0.15) is 21.6 Å². The second-order valence-electron chi connectivity index (χ2n) is 6.06. The molecule has 4 nitrogen and oxygen atoms in total. The zero-order chi connectivity index (χ0) is 18.4. The van der Waals surface area contributed by atoms with Crippen LogP contribution in [0.3, 0.4) is 0 Å². The van der Waals surface area contributed by atoms with Crippen molar-refractivity contribution in [3.63, 3.8) is 0 Å². The molecule has 0 aliphatic rings. The van der Waals surface area contributed by atoms with Crippen molar-refractivity contribution in [1.82, 2.24) is 4.98 Å².